The van der Waals surface area contributed by atoms with Crippen molar-refractivity contribution < 1.29 is 28.5 Å². The van der Waals surface area contributed by atoms with Crippen molar-refractivity contribution >= 4 is 22.6 Å². The number of aromatic hydroxyl groups is 1. The Kier molecular flexibility index (Phi) is 5.63. The van der Waals surface area contributed by atoms with Crippen LogP contribution in [-0.2, 0) is 11.3 Å². The van der Waals surface area contributed by atoms with Crippen LogP contribution in [0.25, 0.3) is 11.0 Å². The fourth-order valence-corrected chi connectivity index (χ4v) is 3.00. The summed E-state index contributed by atoms with van der Waals surface area (Å²) in [6.45, 7) is 1.90. The van der Waals surface area contributed by atoms with E-state index in [1.54, 1.807) is 25.1 Å². The number of benzene rings is 2. The average Bonchev–Trinajstić information content (AvgIpc) is 2.71. The largest absolute Gasteiger partial charge is 0.508 e. The summed E-state index contributed by atoms with van der Waals surface area (Å²) in [4.78, 5) is 24.2. The molecule has 2 N–H and O–H groups in total. The van der Waals surface area contributed by atoms with E-state index < -0.39 is 11.6 Å². The summed E-state index contributed by atoms with van der Waals surface area (Å²) in [6.07, 6.45) is 0. The molecule has 3 aromatic rings. The zero-order valence-corrected chi connectivity index (χ0v) is 16.5. The van der Waals surface area contributed by atoms with Gasteiger partial charge in [0, 0.05) is 30.1 Å². The Morgan fingerprint density at radius 2 is 1.76 bits per heavy atom. The zero-order chi connectivity index (χ0) is 21.1. The van der Waals surface area contributed by atoms with Gasteiger partial charge in [-0.05, 0) is 30.2 Å². The molecule has 0 fully saturated rings. The highest BCUT2D eigenvalue weighted by Gasteiger charge is 2.18. The Hall–Kier alpha value is -3.68. The number of phenols is 1. The average molecular weight is 399 g/mol. The summed E-state index contributed by atoms with van der Waals surface area (Å²) in [5.74, 6) is 0.339. The lowest BCUT2D eigenvalue weighted by Gasteiger charge is -2.16. The van der Waals surface area contributed by atoms with E-state index in [0.29, 0.717) is 39.3 Å². The lowest BCUT2D eigenvalue weighted by Crippen LogP contribution is -2.11. The van der Waals surface area contributed by atoms with Crippen molar-refractivity contribution in [1.82, 2.24) is 0 Å². The number of ether oxygens (including phenoxy) is 3. The molecule has 29 heavy (non-hydrogen) atoms. The van der Waals surface area contributed by atoms with Gasteiger partial charge < -0.3 is 29.1 Å². The van der Waals surface area contributed by atoms with Crippen LogP contribution in [0.2, 0.25) is 0 Å². The van der Waals surface area contributed by atoms with Gasteiger partial charge >= 0.3 is 11.6 Å². The Labute approximate surface area is 166 Å². The summed E-state index contributed by atoms with van der Waals surface area (Å²) in [5, 5.41) is 13.7. The summed E-state index contributed by atoms with van der Waals surface area (Å²) in [6, 6.07) is 7.61. The molecule has 0 saturated heterocycles. The van der Waals surface area contributed by atoms with Crippen molar-refractivity contribution in [3.8, 4) is 17.2 Å². The molecule has 1 aromatic heterocycles. The molecular formula is C21H21NO7. The second-order valence-corrected chi connectivity index (χ2v) is 6.32. The minimum Gasteiger partial charge on any atom is -0.508 e. The molecule has 1 heterocycles. The van der Waals surface area contributed by atoms with Crippen molar-refractivity contribution in [1.29, 1.82) is 0 Å². The molecule has 0 aliphatic heterocycles. The molecule has 152 valence electrons. The van der Waals surface area contributed by atoms with E-state index in [0.717, 1.165) is 0 Å². The Bertz CT molecular complexity index is 1130. The Morgan fingerprint density at radius 1 is 1.07 bits per heavy atom. The number of rotatable bonds is 6. The number of carbonyl (C=O) groups is 1. The second kappa shape index (κ2) is 8.14. The maximum Gasteiger partial charge on any atom is 0.340 e. The van der Waals surface area contributed by atoms with Crippen LogP contribution in [0.5, 0.6) is 17.2 Å². The Balaban J connectivity index is 2.04. The van der Waals surface area contributed by atoms with Gasteiger partial charge in [-0.25, -0.2) is 9.59 Å². The van der Waals surface area contributed by atoms with Crippen LogP contribution in [-0.4, -0.2) is 32.4 Å². The number of aryl methyl sites for hydroxylation is 1. The van der Waals surface area contributed by atoms with E-state index in [-0.39, 0.29) is 17.9 Å². The summed E-state index contributed by atoms with van der Waals surface area (Å²) in [5.41, 5.74) is 1.73. The van der Waals surface area contributed by atoms with Crippen LogP contribution in [0, 0.1) is 6.92 Å². The molecule has 0 atom stereocenters. The van der Waals surface area contributed by atoms with Crippen LogP contribution in [0.15, 0.2) is 39.5 Å². The van der Waals surface area contributed by atoms with Gasteiger partial charge in [-0.15, -0.1) is 0 Å². The first kappa shape index (κ1) is 20.1. The predicted molar refractivity (Wildman–Crippen MR) is 107 cm³/mol. The molecule has 0 radical (unpaired) electrons. The van der Waals surface area contributed by atoms with E-state index in [1.165, 1.54) is 33.5 Å². The topological polar surface area (TPSA) is 107 Å². The molecule has 3 rings (SSSR count). The van der Waals surface area contributed by atoms with Crippen LogP contribution >= 0.6 is 0 Å². The smallest absolute Gasteiger partial charge is 0.340 e. The minimum atomic E-state index is -0.556. The molecule has 0 aliphatic carbocycles. The van der Waals surface area contributed by atoms with E-state index in [1.807, 2.05) is 0 Å². The summed E-state index contributed by atoms with van der Waals surface area (Å²) < 4.78 is 20.6. The number of hydrogen-bond acceptors (Lipinski definition) is 8. The maximum absolute atomic E-state index is 12.2. The van der Waals surface area contributed by atoms with Crippen LogP contribution < -0.4 is 20.4 Å². The first-order valence-corrected chi connectivity index (χ1v) is 8.72. The molecule has 8 heteroatoms. The summed E-state index contributed by atoms with van der Waals surface area (Å²) in [7, 11) is 4.24. The zero-order valence-electron chi connectivity index (χ0n) is 16.5. The highest BCUT2D eigenvalue weighted by molar-refractivity contribution is 5.97. The number of phenolic OH excluding ortho intramolecular Hbond substituents is 1. The number of esters is 1. The van der Waals surface area contributed by atoms with Gasteiger partial charge in [0.25, 0.3) is 0 Å². The van der Waals surface area contributed by atoms with E-state index in [4.69, 9.17) is 18.6 Å². The third kappa shape index (κ3) is 3.96. The van der Waals surface area contributed by atoms with Crippen molar-refractivity contribution in [2.75, 3.05) is 26.6 Å². The van der Waals surface area contributed by atoms with E-state index in [9.17, 15) is 14.7 Å². The predicted octanol–water partition coefficient (Wildman–Crippen LogP) is 3.22. The van der Waals surface area contributed by atoms with Crippen molar-refractivity contribution in [2.24, 2.45) is 0 Å². The van der Waals surface area contributed by atoms with Gasteiger partial charge in [-0.1, -0.05) is 0 Å². The highest BCUT2D eigenvalue weighted by atomic mass is 16.5. The molecule has 0 saturated carbocycles. The number of carbonyl (C=O) groups excluding carboxylic acids is 1. The van der Waals surface area contributed by atoms with Crippen molar-refractivity contribution in [3.05, 3.63) is 57.4 Å². The number of hydrogen-bond donors (Lipinski definition) is 2. The molecule has 2 aromatic carbocycles. The van der Waals surface area contributed by atoms with Crippen LogP contribution in [0.4, 0.5) is 5.69 Å². The van der Waals surface area contributed by atoms with Gasteiger partial charge in [0.1, 0.15) is 11.3 Å². The monoisotopic (exact) mass is 399 g/mol. The maximum atomic E-state index is 12.2. The third-order valence-electron chi connectivity index (χ3n) is 4.55. The Morgan fingerprint density at radius 3 is 2.41 bits per heavy atom. The van der Waals surface area contributed by atoms with Crippen molar-refractivity contribution in [2.45, 2.75) is 13.5 Å². The number of nitrogens with one attached hydrogen (secondary N) is 1. The molecule has 0 amide bonds. The molecule has 0 aliphatic rings. The normalized spacial score (nSPS) is 10.6. The number of methoxy groups -OCH3 is 3. The molecule has 0 bridgehead atoms. The van der Waals surface area contributed by atoms with Gasteiger partial charge in [0.2, 0.25) is 0 Å². The van der Waals surface area contributed by atoms with Crippen LogP contribution in [0.3, 0.4) is 0 Å². The molecule has 8 nitrogen and oxygen atoms in total. The fraction of sp³-hybridized carbons (Fsp3) is 0.238. The fourth-order valence-electron chi connectivity index (χ4n) is 3.00. The summed E-state index contributed by atoms with van der Waals surface area (Å²) >= 11 is 0. The van der Waals surface area contributed by atoms with Gasteiger partial charge in [-0.3, -0.25) is 0 Å². The van der Waals surface area contributed by atoms with E-state index >= 15 is 0 Å². The second-order valence-electron chi connectivity index (χ2n) is 6.32. The SMILES string of the molecule is COC(=O)c1cc(OC)c(OC)cc1NCc1cc(=O)oc2cc(C)c(O)cc12. The number of anilines is 1. The number of fused-ring (bicyclic) bond motifs is 1. The first-order valence-electron chi connectivity index (χ1n) is 8.72. The molecular weight excluding hydrogens is 378 g/mol. The molecule has 0 unspecified atom stereocenters. The lowest BCUT2D eigenvalue weighted by atomic mass is 10.1. The van der Waals surface area contributed by atoms with Gasteiger partial charge in [0.15, 0.2) is 11.5 Å². The van der Waals surface area contributed by atoms with Gasteiger partial charge in [-0.2, -0.15) is 0 Å². The van der Waals surface area contributed by atoms with Crippen molar-refractivity contribution in [3.63, 3.8) is 0 Å². The first-order chi connectivity index (χ1) is 13.9. The minimum absolute atomic E-state index is 0.0916. The van der Waals surface area contributed by atoms with Crippen LogP contribution in [0.1, 0.15) is 21.5 Å². The lowest BCUT2D eigenvalue weighted by molar-refractivity contribution is 0.0601. The quantitative estimate of drug-likeness (QED) is 0.481. The molecule has 0 spiro atoms. The van der Waals surface area contributed by atoms with Gasteiger partial charge in [0.05, 0.1) is 32.6 Å². The standard InChI is InChI=1S/C21H21NO7/c1-11-5-17-13(7-16(11)23)12(6-20(24)29-17)10-22-15-9-19(27-3)18(26-2)8-14(15)21(25)28-4/h5-9,22-23H,10H2,1-4H3. The third-order valence-corrected chi connectivity index (χ3v) is 4.55. The van der Waals surface area contributed by atoms with E-state index in [2.05, 4.69) is 5.32 Å². The highest BCUT2D eigenvalue weighted by Crippen LogP contribution is 2.34.